The number of rotatable bonds is 13. The van der Waals surface area contributed by atoms with Crippen molar-refractivity contribution in [1.29, 1.82) is 0 Å². The molecular weight excluding hydrogens is 371 g/mol. The van der Waals surface area contributed by atoms with Crippen LogP contribution in [0.2, 0.25) is 0 Å². The van der Waals surface area contributed by atoms with Gasteiger partial charge in [0.25, 0.3) is 0 Å². The summed E-state index contributed by atoms with van der Waals surface area (Å²) in [5.41, 5.74) is 0. The summed E-state index contributed by atoms with van der Waals surface area (Å²) in [6, 6.07) is 0. The lowest BCUT2D eigenvalue weighted by atomic mass is 10.2. The van der Waals surface area contributed by atoms with Gasteiger partial charge in [0.2, 0.25) is 0 Å². The fraction of sp³-hybridized carbons (Fsp3) is 1.00. The van der Waals surface area contributed by atoms with Crippen LogP contribution in [0.1, 0.15) is 44.9 Å². The molecule has 0 radical (unpaired) electrons. The first kappa shape index (κ1) is 18.6. The third-order valence-corrected chi connectivity index (χ3v) is 3.98. The summed E-state index contributed by atoms with van der Waals surface area (Å²) in [7, 11) is 0. The van der Waals surface area contributed by atoms with Crippen LogP contribution in [-0.4, -0.2) is 50.4 Å². The van der Waals surface area contributed by atoms with Gasteiger partial charge in [-0.25, -0.2) is 0 Å². The standard InChI is InChI=1S/C15H29IO4/c16-8-4-1-2-5-9-17-11-12-18-13-14-20-15-7-3-6-10-19-15/h15H,1-14H2. The van der Waals surface area contributed by atoms with E-state index in [1.165, 1.54) is 36.5 Å². The van der Waals surface area contributed by atoms with Crippen molar-refractivity contribution < 1.29 is 18.9 Å². The second kappa shape index (κ2) is 14.5. The van der Waals surface area contributed by atoms with Crippen LogP contribution < -0.4 is 0 Å². The first-order valence-corrected chi connectivity index (χ1v) is 9.40. The van der Waals surface area contributed by atoms with Gasteiger partial charge >= 0.3 is 0 Å². The molecule has 1 fully saturated rings. The van der Waals surface area contributed by atoms with E-state index in [4.69, 9.17) is 18.9 Å². The fourth-order valence-electron chi connectivity index (χ4n) is 2.06. The number of halogens is 1. The van der Waals surface area contributed by atoms with Crippen molar-refractivity contribution in [3.63, 3.8) is 0 Å². The summed E-state index contributed by atoms with van der Waals surface area (Å²) < 4.78 is 23.3. The molecule has 0 N–H and O–H groups in total. The number of hydrogen-bond acceptors (Lipinski definition) is 4. The van der Waals surface area contributed by atoms with E-state index < -0.39 is 0 Å². The molecule has 1 heterocycles. The van der Waals surface area contributed by atoms with Gasteiger partial charge in [-0.05, 0) is 36.5 Å². The van der Waals surface area contributed by atoms with E-state index in [1.807, 2.05) is 0 Å². The highest BCUT2D eigenvalue weighted by atomic mass is 127. The highest BCUT2D eigenvalue weighted by Crippen LogP contribution is 2.13. The van der Waals surface area contributed by atoms with Crippen molar-refractivity contribution in [3.8, 4) is 0 Å². The van der Waals surface area contributed by atoms with E-state index in [9.17, 15) is 0 Å². The zero-order chi connectivity index (χ0) is 14.3. The van der Waals surface area contributed by atoms with Crippen LogP contribution in [0.5, 0.6) is 0 Å². The molecule has 0 amide bonds. The maximum atomic E-state index is 5.58. The van der Waals surface area contributed by atoms with Gasteiger partial charge in [0.15, 0.2) is 6.29 Å². The minimum atomic E-state index is -0.00820. The molecule has 5 heteroatoms. The zero-order valence-electron chi connectivity index (χ0n) is 12.5. The second-order valence-corrected chi connectivity index (χ2v) is 6.07. The van der Waals surface area contributed by atoms with Gasteiger partial charge in [-0.15, -0.1) is 0 Å². The van der Waals surface area contributed by atoms with Gasteiger partial charge in [-0.1, -0.05) is 35.4 Å². The highest BCUT2D eigenvalue weighted by molar-refractivity contribution is 14.1. The number of hydrogen-bond donors (Lipinski definition) is 0. The Hall–Kier alpha value is 0.570. The second-order valence-electron chi connectivity index (χ2n) is 4.99. The molecule has 0 bridgehead atoms. The molecular formula is C15H29IO4. The molecule has 1 atom stereocenters. The van der Waals surface area contributed by atoms with E-state index in [2.05, 4.69) is 22.6 Å². The highest BCUT2D eigenvalue weighted by Gasteiger charge is 2.13. The number of alkyl halides is 1. The topological polar surface area (TPSA) is 36.9 Å². The van der Waals surface area contributed by atoms with Gasteiger partial charge in [-0.2, -0.15) is 0 Å². The molecule has 1 aliphatic heterocycles. The van der Waals surface area contributed by atoms with E-state index in [-0.39, 0.29) is 6.29 Å². The number of unbranched alkanes of at least 4 members (excludes halogenated alkanes) is 3. The van der Waals surface area contributed by atoms with Crippen LogP contribution in [0.15, 0.2) is 0 Å². The van der Waals surface area contributed by atoms with E-state index in [0.717, 1.165) is 26.1 Å². The van der Waals surface area contributed by atoms with Gasteiger partial charge in [0.05, 0.1) is 26.4 Å². The van der Waals surface area contributed by atoms with Crippen LogP contribution in [-0.2, 0) is 18.9 Å². The Kier molecular flexibility index (Phi) is 13.5. The summed E-state index contributed by atoms with van der Waals surface area (Å²) in [6.07, 6.45) is 8.46. The van der Waals surface area contributed by atoms with Gasteiger partial charge in [0, 0.05) is 13.2 Å². The summed E-state index contributed by atoms with van der Waals surface area (Å²) in [5, 5.41) is 0. The molecule has 0 aromatic carbocycles. The maximum absolute atomic E-state index is 5.58. The molecule has 0 aromatic heterocycles. The zero-order valence-corrected chi connectivity index (χ0v) is 14.6. The Balaban J connectivity index is 1.70. The quantitative estimate of drug-likeness (QED) is 0.269. The smallest absolute Gasteiger partial charge is 0.157 e. The summed E-state index contributed by atoms with van der Waals surface area (Å²) >= 11 is 2.43. The van der Waals surface area contributed by atoms with Crippen LogP contribution in [0.25, 0.3) is 0 Å². The Morgan fingerprint density at radius 2 is 1.60 bits per heavy atom. The molecule has 1 aliphatic rings. The Bertz CT molecular complexity index is 198. The van der Waals surface area contributed by atoms with Gasteiger partial charge < -0.3 is 18.9 Å². The van der Waals surface area contributed by atoms with Crippen LogP contribution >= 0.6 is 22.6 Å². The van der Waals surface area contributed by atoms with Gasteiger partial charge in [-0.3, -0.25) is 0 Å². The lowest BCUT2D eigenvalue weighted by molar-refractivity contribution is -0.169. The van der Waals surface area contributed by atoms with Crippen LogP contribution in [0, 0.1) is 0 Å². The normalized spacial score (nSPS) is 19.4. The molecule has 20 heavy (non-hydrogen) atoms. The monoisotopic (exact) mass is 400 g/mol. The Labute approximate surface area is 137 Å². The first-order valence-electron chi connectivity index (χ1n) is 7.88. The van der Waals surface area contributed by atoms with Crippen molar-refractivity contribution >= 4 is 22.6 Å². The first-order chi connectivity index (χ1) is 9.93. The van der Waals surface area contributed by atoms with Crippen molar-refractivity contribution in [3.05, 3.63) is 0 Å². The van der Waals surface area contributed by atoms with Crippen LogP contribution in [0.4, 0.5) is 0 Å². The predicted molar refractivity (Wildman–Crippen MR) is 88.5 cm³/mol. The van der Waals surface area contributed by atoms with Gasteiger partial charge in [0.1, 0.15) is 0 Å². The molecule has 0 spiro atoms. The van der Waals surface area contributed by atoms with Crippen molar-refractivity contribution in [2.45, 2.75) is 51.2 Å². The number of ether oxygens (including phenoxy) is 4. The predicted octanol–water partition coefficient (Wildman–Crippen LogP) is 3.56. The van der Waals surface area contributed by atoms with E-state index in [1.54, 1.807) is 0 Å². The largest absolute Gasteiger partial charge is 0.379 e. The molecule has 4 nitrogen and oxygen atoms in total. The minimum absolute atomic E-state index is 0.00820. The van der Waals surface area contributed by atoms with Crippen molar-refractivity contribution in [1.82, 2.24) is 0 Å². The molecule has 120 valence electrons. The molecule has 0 aliphatic carbocycles. The third kappa shape index (κ3) is 11.3. The van der Waals surface area contributed by atoms with Crippen molar-refractivity contribution in [2.24, 2.45) is 0 Å². The lowest BCUT2D eigenvalue weighted by Gasteiger charge is -2.22. The van der Waals surface area contributed by atoms with E-state index in [0.29, 0.717) is 26.4 Å². The Morgan fingerprint density at radius 3 is 2.35 bits per heavy atom. The summed E-state index contributed by atoms with van der Waals surface area (Å²) in [4.78, 5) is 0. The molecule has 1 rings (SSSR count). The third-order valence-electron chi connectivity index (χ3n) is 3.21. The van der Waals surface area contributed by atoms with Crippen LogP contribution in [0.3, 0.4) is 0 Å². The fourth-order valence-corrected chi connectivity index (χ4v) is 2.59. The SMILES string of the molecule is ICCCCCCOCCOCCOC1CCCCO1. The molecule has 0 aromatic rings. The lowest BCUT2D eigenvalue weighted by Crippen LogP contribution is -2.24. The van der Waals surface area contributed by atoms with Crippen molar-refractivity contribution in [2.75, 3.05) is 44.1 Å². The average Bonchev–Trinajstić information content (AvgIpc) is 2.49. The molecule has 1 saturated heterocycles. The summed E-state index contributed by atoms with van der Waals surface area (Å²) in [5.74, 6) is 0. The maximum Gasteiger partial charge on any atom is 0.157 e. The average molecular weight is 400 g/mol. The molecule has 1 unspecified atom stereocenters. The molecule has 0 saturated carbocycles. The Morgan fingerprint density at radius 1 is 0.850 bits per heavy atom. The minimum Gasteiger partial charge on any atom is -0.379 e. The summed E-state index contributed by atoms with van der Waals surface area (Å²) in [6.45, 7) is 4.27. The van der Waals surface area contributed by atoms with E-state index >= 15 is 0 Å².